The second-order valence-corrected chi connectivity index (χ2v) is 5.64. The fraction of sp³-hybridized carbons (Fsp3) is 0.318. The van der Waals surface area contributed by atoms with Crippen LogP contribution in [0.1, 0.15) is 29.8 Å². The van der Waals surface area contributed by atoms with Crippen molar-refractivity contribution >= 4 is 11.9 Å². The first-order chi connectivity index (χ1) is 13.6. The van der Waals surface area contributed by atoms with Gasteiger partial charge in [-0.2, -0.15) is 0 Å². The maximum atomic E-state index is 13.0. The maximum absolute atomic E-state index is 13.0. The lowest BCUT2D eigenvalue weighted by Gasteiger charge is -2.14. The summed E-state index contributed by atoms with van der Waals surface area (Å²) in [5.41, 5.74) is 1.01. The van der Waals surface area contributed by atoms with Crippen molar-refractivity contribution in [1.29, 1.82) is 0 Å². The number of carbonyl (C=O) groups excluding carboxylic acids is 1. The summed E-state index contributed by atoms with van der Waals surface area (Å²) in [6.45, 7) is 4.62. The van der Waals surface area contributed by atoms with Crippen molar-refractivity contribution in [2.75, 3.05) is 34.5 Å². The van der Waals surface area contributed by atoms with Crippen molar-refractivity contribution in [2.45, 2.75) is 13.8 Å². The van der Waals surface area contributed by atoms with E-state index in [2.05, 4.69) is 0 Å². The van der Waals surface area contributed by atoms with Gasteiger partial charge in [0.25, 0.3) is 0 Å². The number of hydrogen-bond acceptors (Lipinski definition) is 6. The van der Waals surface area contributed by atoms with Gasteiger partial charge < -0.3 is 23.7 Å². The van der Waals surface area contributed by atoms with E-state index in [0.717, 1.165) is 0 Å². The number of ketones is 1. The predicted octanol–water partition coefficient (Wildman–Crippen LogP) is 4.41. The summed E-state index contributed by atoms with van der Waals surface area (Å²) in [6.07, 6.45) is 3.10. The molecule has 0 aliphatic rings. The van der Waals surface area contributed by atoms with Crippen molar-refractivity contribution in [2.24, 2.45) is 0 Å². The predicted molar refractivity (Wildman–Crippen MR) is 108 cm³/mol. The Morgan fingerprint density at radius 3 is 1.82 bits per heavy atom. The summed E-state index contributed by atoms with van der Waals surface area (Å²) in [5, 5.41) is 0. The lowest BCUT2D eigenvalue weighted by atomic mass is 10.1. The molecule has 2 rings (SSSR count). The third-order valence-corrected chi connectivity index (χ3v) is 3.99. The molecule has 0 N–H and O–H groups in total. The highest BCUT2D eigenvalue weighted by Gasteiger charge is 2.18. The van der Waals surface area contributed by atoms with Gasteiger partial charge >= 0.3 is 0 Å². The molecule has 28 heavy (non-hydrogen) atoms. The van der Waals surface area contributed by atoms with Crippen molar-refractivity contribution < 1.29 is 28.5 Å². The molecular formula is C22H26O6. The molecule has 0 radical (unpaired) electrons. The molecule has 0 unspecified atom stereocenters. The van der Waals surface area contributed by atoms with Gasteiger partial charge in [0.2, 0.25) is 0 Å². The Balaban J connectivity index is 2.47. The molecule has 6 nitrogen and oxygen atoms in total. The quantitative estimate of drug-likeness (QED) is 0.445. The summed E-state index contributed by atoms with van der Waals surface area (Å²) in [5.74, 6) is 2.38. The van der Waals surface area contributed by atoms with Crippen LogP contribution in [0.3, 0.4) is 0 Å². The van der Waals surface area contributed by atoms with Crippen LogP contribution in [-0.2, 0) is 0 Å². The van der Waals surface area contributed by atoms with E-state index >= 15 is 0 Å². The largest absolute Gasteiger partial charge is 0.496 e. The molecule has 0 aliphatic heterocycles. The molecule has 2 aromatic carbocycles. The van der Waals surface area contributed by atoms with Gasteiger partial charge in [-0.1, -0.05) is 6.07 Å². The zero-order valence-electron chi connectivity index (χ0n) is 16.9. The van der Waals surface area contributed by atoms with Crippen LogP contribution in [0.4, 0.5) is 0 Å². The van der Waals surface area contributed by atoms with E-state index in [1.54, 1.807) is 57.7 Å². The molecular weight excluding hydrogens is 360 g/mol. The van der Waals surface area contributed by atoms with Crippen molar-refractivity contribution in [3.8, 4) is 28.7 Å². The Kier molecular flexibility index (Phi) is 7.75. The van der Waals surface area contributed by atoms with Crippen LogP contribution >= 0.6 is 0 Å². The first kappa shape index (κ1) is 21.2. The van der Waals surface area contributed by atoms with E-state index in [4.69, 9.17) is 23.7 Å². The zero-order chi connectivity index (χ0) is 20.5. The lowest BCUT2D eigenvalue weighted by Crippen LogP contribution is -2.06. The number of methoxy groups -OCH3 is 3. The Morgan fingerprint density at radius 1 is 0.857 bits per heavy atom. The molecule has 0 saturated heterocycles. The second-order valence-electron chi connectivity index (χ2n) is 5.64. The molecule has 0 atom stereocenters. The van der Waals surface area contributed by atoms with Crippen molar-refractivity contribution in [3.63, 3.8) is 0 Å². The maximum Gasteiger partial charge on any atom is 0.193 e. The van der Waals surface area contributed by atoms with Gasteiger partial charge in [-0.05, 0) is 38.1 Å². The highest BCUT2D eigenvalue weighted by atomic mass is 16.5. The molecule has 0 fully saturated rings. The average molecular weight is 386 g/mol. The Labute approximate surface area is 165 Å². The first-order valence-electron chi connectivity index (χ1n) is 9.00. The van der Waals surface area contributed by atoms with Crippen molar-refractivity contribution in [1.82, 2.24) is 0 Å². The molecule has 2 aromatic rings. The van der Waals surface area contributed by atoms with Crippen LogP contribution in [-0.4, -0.2) is 40.3 Å². The van der Waals surface area contributed by atoms with Gasteiger partial charge in [0.05, 0.1) is 40.1 Å². The lowest BCUT2D eigenvalue weighted by molar-refractivity contribution is 0.104. The standard InChI is InChI=1S/C22H26O6/c1-6-27-18-9-8-10-19(28-7-2)22(18)17(23)12-11-16-20(25-4)13-15(24-3)14-21(16)26-5/h8-14H,6-7H2,1-5H3. The van der Waals surface area contributed by atoms with E-state index in [1.165, 1.54) is 6.08 Å². The summed E-state index contributed by atoms with van der Waals surface area (Å²) < 4.78 is 27.3. The molecule has 0 saturated carbocycles. The fourth-order valence-corrected chi connectivity index (χ4v) is 2.74. The van der Waals surface area contributed by atoms with Crippen molar-refractivity contribution in [3.05, 3.63) is 47.5 Å². The molecule has 0 amide bonds. The Bertz CT molecular complexity index is 792. The molecule has 0 spiro atoms. The minimum Gasteiger partial charge on any atom is -0.496 e. The molecule has 0 aliphatic carbocycles. The second kappa shape index (κ2) is 10.3. The van der Waals surface area contributed by atoms with Gasteiger partial charge in [-0.3, -0.25) is 4.79 Å². The molecule has 0 bridgehead atoms. The number of ether oxygens (including phenoxy) is 5. The number of benzene rings is 2. The molecule has 0 aromatic heterocycles. The van der Waals surface area contributed by atoms with E-state index in [1.807, 2.05) is 13.8 Å². The average Bonchev–Trinajstić information content (AvgIpc) is 2.72. The van der Waals surface area contributed by atoms with Crippen LogP contribution in [0.5, 0.6) is 28.7 Å². The van der Waals surface area contributed by atoms with Crippen LogP contribution in [0.25, 0.3) is 6.08 Å². The van der Waals surface area contributed by atoms with E-state index in [-0.39, 0.29) is 5.78 Å². The molecule has 0 heterocycles. The van der Waals surface area contributed by atoms with Crippen LogP contribution in [0.15, 0.2) is 36.4 Å². The number of rotatable bonds is 10. The summed E-state index contributed by atoms with van der Waals surface area (Å²) in [6, 6.07) is 8.76. The SMILES string of the molecule is CCOc1cccc(OCC)c1C(=O)C=Cc1c(OC)cc(OC)cc1OC. The third kappa shape index (κ3) is 4.76. The van der Waals surface area contributed by atoms with Crippen LogP contribution in [0.2, 0.25) is 0 Å². The third-order valence-electron chi connectivity index (χ3n) is 3.99. The van der Waals surface area contributed by atoms with Gasteiger partial charge in [0.15, 0.2) is 5.78 Å². The number of carbonyl (C=O) groups is 1. The minimum atomic E-state index is -0.243. The van der Waals surface area contributed by atoms with Gasteiger partial charge in [-0.25, -0.2) is 0 Å². The topological polar surface area (TPSA) is 63.2 Å². The van der Waals surface area contributed by atoms with Crippen LogP contribution in [0, 0.1) is 0 Å². The van der Waals surface area contributed by atoms with Crippen LogP contribution < -0.4 is 23.7 Å². The number of hydrogen-bond donors (Lipinski definition) is 0. The van der Waals surface area contributed by atoms with E-state index in [9.17, 15) is 4.79 Å². The Hall–Kier alpha value is -3.15. The smallest absolute Gasteiger partial charge is 0.193 e. The Morgan fingerprint density at radius 2 is 1.39 bits per heavy atom. The van der Waals surface area contributed by atoms with E-state index < -0.39 is 0 Å². The monoisotopic (exact) mass is 386 g/mol. The van der Waals surface area contributed by atoms with Gasteiger partial charge in [0.1, 0.15) is 34.3 Å². The fourth-order valence-electron chi connectivity index (χ4n) is 2.74. The number of allylic oxidation sites excluding steroid dienone is 1. The first-order valence-corrected chi connectivity index (χ1v) is 9.00. The minimum absolute atomic E-state index is 0.243. The highest BCUT2D eigenvalue weighted by molar-refractivity contribution is 6.10. The highest BCUT2D eigenvalue weighted by Crippen LogP contribution is 2.36. The zero-order valence-corrected chi connectivity index (χ0v) is 16.9. The summed E-state index contributed by atoms with van der Waals surface area (Å²) in [7, 11) is 4.66. The molecule has 150 valence electrons. The normalized spacial score (nSPS) is 10.6. The molecule has 6 heteroatoms. The van der Waals surface area contributed by atoms with Gasteiger partial charge in [-0.15, -0.1) is 0 Å². The van der Waals surface area contributed by atoms with Gasteiger partial charge in [0, 0.05) is 12.1 Å². The summed E-state index contributed by atoms with van der Waals surface area (Å²) in [4.78, 5) is 13.0. The summed E-state index contributed by atoms with van der Waals surface area (Å²) >= 11 is 0. The van der Waals surface area contributed by atoms with E-state index in [0.29, 0.717) is 53.1 Å².